The average Bonchev–Trinajstić information content (AvgIpc) is 2.37. The molecule has 0 amide bonds. The predicted molar refractivity (Wildman–Crippen MR) is 77.7 cm³/mol. The van der Waals surface area contributed by atoms with Crippen LogP contribution in [-0.4, -0.2) is 17.6 Å². The first-order valence-electron chi connectivity index (χ1n) is 8.11. The summed E-state index contributed by atoms with van der Waals surface area (Å²) in [6.45, 7) is 2.38. The number of aliphatic hydroxyl groups excluding tert-OH is 1. The Hall–Kier alpha value is -0.180. The Morgan fingerprint density at radius 2 is 1.11 bits per heavy atom. The molecule has 0 radical (unpaired) electrons. The summed E-state index contributed by atoms with van der Waals surface area (Å²) in [6.07, 6.45) is 10.6. The van der Waals surface area contributed by atoms with Gasteiger partial charge in [0.25, 0.3) is 0 Å². The lowest BCUT2D eigenvalue weighted by molar-refractivity contribution is -0.0206. The molecule has 116 valence electrons. The zero-order chi connectivity index (χ0) is 14.4. The summed E-state index contributed by atoms with van der Waals surface area (Å²) in [6, 6.07) is 0. The summed E-state index contributed by atoms with van der Waals surface area (Å²) in [5, 5.41) is 8.61. The van der Waals surface area contributed by atoms with Crippen molar-refractivity contribution in [1.29, 1.82) is 0 Å². The van der Waals surface area contributed by atoms with Gasteiger partial charge in [-0.1, -0.05) is 58.3 Å². The van der Waals surface area contributed by atoms with E-state index in [2.05, 4.69) is 6.92 Å². The standard InChI is InChI=1S/C16H32F2O/c1-2-3-4-7-10-13-16(17,18)14-11-8-5-6-9-12-15-19/h19H,2-15H2,1H3. The fraction of sp³-hybridized carbons (Fsp3) is 1.00. The second-order valence-corrected chi connectivity index (χ2v) is 5.62. The fourth-order valence-electron chi connectivity index (χ4n) is 2.31. The second kappa shape index (κ2) is 12.8. The van der Waals surface area contributed by atoms with Crippen LogP contribution in [-0.2, 0) is 0 Å². The van der Waals surface area contributed by atoms with Gasteiger partial charge >= 0.3 is 0 Å². The van der Waals surface area contributed by atoms with Gasteiger partial charge in [-0.2, -0.15) is 0 Å². The summed E-state index contributed by atoms with van der Waals surface area (Å²) in [7, 11) is 0. The number of unbranched alkanes of at least 4 members (excludes halogenated alkanes) is 9. The average molecular weight is 278 g/mol. The van der Waals surface area contributed by atoms with Crippen molar-refractivity contribution in [3.05, 3.63) is 0 Å². The van der Waals surface area contributed by atoms with Crippen molar-refractivity contribution in [2.75, 3.05) is 6.61 Å². The minimum Gasteiger partial charge on any atom is -0.396 e. The van der Waals surface area contributed by atoms with Crippen LogP contribution >= 0.6 is 0 Å². The molecule has 0 aromatic carbocycles. The van der Waals surface area contributed by atoms with Crippen molar-refractivity contribution in [3.8, 4) is 0 Å². The van der Waals surface area contributed by atoms with E-state index in [1.165, 1.54) is 6.42 Å². The summed E-state index contributed by atoms with van der Waals surface area (Å²) >= 11 is 0. The lowest BCUT2D eigenvalue weighted by Crippen LogP contribution is -2.15. The Morgan fingerprint density at radius 3 is 1.58 bits per heavy atom. The van der Waals surface area contributed by atoms with E-state index in [0.717, 1.165) is 51.4 Å². The van der Waals surface area contributed by atoms with Gasteiger partial charge < -0.3 is 5.11 Å². The van der Waals surface area contributed by atoms with Crippen LogP contribution in [0.15, 0.2) is 0 Å². The monoisotopic (exact) mass is 278 g/mol. The van der Waals surface area contributed by atoms with E-state index in [0.29, 0.717) is 12.8 Å². The normalized spacial score (nSPS) is 12.0. The van der Waals surface area contributed by atoms with Crippen LogP contribution in [0.2, 0.25) is 0 Å². The highest BCUT2D eigenvalue weighted by Gasteiger charge is 2.26. The molecule has 0 aliphatic heterocycles. The molecule has 1 nitrogen and oxygen atoms in total. The van der Waals surface area contributed by atoms with E-state index >= 15 is 0 Å². The van der Waals surface area contributed by atoms with Gasteiger partial charge in [-0.05, 0) is 19.3 Å². The molecule has 0 heterocycles. The van der Waals surface area contributed by atoms with Gasteiger partial charge in [-0.3, -0.25) is 0 Å². The fourth-order valence-corrected chi connectivity index (χ4v) is 2.31. The van der Waals surface area contributed by atoms with E-state index in [9.17, 15) is 8.78 Å². The first-order valence-corrected chi connectivity index (χ1v) is 8.11. The topological polar surface area (TPSA) is 20.2 Å². The van der Waals surface area contributed by atoms with Crippen molar-refractivity contribution in [2.24, 2.45) is 0 Å². The van der Waals surface area contributed by atoms with Gasteiger partial charge in [-0.25, -0.2) is 8.78 Å². The molecule has 0 bridgehead atoms. The number of halogens is 2. The first kappa shape index (κ1) is 18.8. The molecule has 0 rings (SSSR count). The molecule has 0 spiro atoms. The molecule has 0 aliphatic rings. The zero-order valence-corrected chi connectivity index (χ0v) is 12.6. The molecule has 19 heavy (non-hydrogen) atoms. The molecule has 0 saturated carbocycles. The Kier molecular flexibility index (Phi) is 12.7. The third-order valence-corrected chi connectivity index (χ3v) is 3.60. The van der Waals surface area contributed by atoms with Gasteiger partial charge in [0.1, 0.15) is 0 Å². The van der Waals surface area contributed by atoms with Crippen LogP contribution in [0, 0.1) is 0 Å². The van der Waals surface area contributed by atoms with Crippen molar-refractivity contribution < 1.29 is 13.9 Å². The summed E-state index contributed by atoms with van der Waals surface area (Å²) in [4.78, 5) is 0. The number of hydrogen-bond acceptors (Lipinski definition) is 1. The molecule has 0 saturated heterocycles. The third kappa shape index (κ3) is 14.0. The van der Waals surface area contributed by atoms with Crippen molar-refractivity contribution in [2.45, 2.75) is 96.3 Å². The first-order chi connectivity index (χ1) is 9.12. The van der Waals surface area contributed by atoms with Crippen molar-refractivity contribution in [1.82, 2.24) is 0 Å². The zero-order valence-electron chi connectivity index (χ0n) is 12.6. The molecule has 0 unspecified atom stereocenters. The van der Waals surface area contributed by atoms with Gasteiger partial charge in [0, 0.05) is 19.4 Å². The van der Waals surface area contributed by atoms with E-state index in [1.54, 1.807) is 0 Å². The molecule has 0 atom stereocenters. The molecular formula is C16H32F2O. The van der Waals surface area contributed by atoms with Gasteiger partial charge in [0.05, 0.1) is 0 Å². The van der Waals surface area contributed by atoms with Gasteiger partial charge in [-0.15, -0.1) is 0 Å². The molecule has 1 N–H and O–H groups in total. The largest absolute Gasteiger partial charge is 0.396 e. The second-order valence-electron chi connectivity index (χ2n) is 5.62. The van der Waals surface area contributed by atoms with E-state index in [-0.39, 0.29) is 19.4 Å². The minimum absolute atomic E-state index is 0.0563. The Balaban J connectivity index is 3.35. The number of aliphatic hydroxyl groups is 1. The minimum atomic E-state index is -2.45. The van der Waals surface area contributed by atoms with Gasteiger partial charge in [0.2, 0.25) is 5.92 Å². The highest BCUT2D eigenvalue weighted by atomic mass is 19.3. The van der Waals surface area contributed by atoms with Crippen LogP contribution in [0.4, 0.5) is 8.78 Å². The summed E-state index contributed by atoms with van der Waals surface area (Å²) in [5.74, 6) is -2.45. The quantitative estimate of drug-likeness (QED) is 0.404. The maximum Gasteiger partial charge on any atom is 0.248 e. The summed E-state index contributed by atoms with van der Waals surface area (Å²) < 4.78 is 27.1. The van der Waals surface area contributed by atoms with Crippen LogP contribution in [0.3, 0.4) is 0 Å². The maximum atomic E-state index is 13.5. The van der Waals surface area contributed by atoms with Crippen molar-refractivity contribution in [3.63, 3.8) is 0 Å². The molecule has 0 aliphatic carbocycles. The molecular weight excluding hydrogens is 246 g/mol. The number of hydrogen-bond donors (Lipinski definition) is 1. The predicted octanol–water partition coefficient (Wildman–Crippen LogP) is 5.71. The Labute approximate surface area is 117 Å². The lowest BCUT2D eigenvalue weighted by atomic mass is 10.0. The van der Waals surface area contributed by atoms with E-state index in [4.69, 9.17) is 5.11 Å². The lowest BCUT2D eigenvalue weighted by Gasteiger charge is -2.16. The summed E-state index contributed by atoms with van der Waals surface area (Å²) in [5.41, 5.74) is 0. The molecule has 3 heteroatoms. The van der Waals surface area contributed by atoms with Gasteiger partial charge in [0.15, 0.2) is 0 Å². The third-order valence-electron chi connectivity index (χ3n) is 3.60. The SMILES string of the molecule is CCCCCCCC(F)(F)CCCCCCCCO. The highest BCUT2D eigenvalue weighted by Crippen LogP contribution is 2.28. The van der Waals surface area contributed by atoms with Crippen LogP contribution in [0.25, 0.3) is 0 Å². The van der Waals surface area contributed by atoms with Crippen LogP contribution in [0.5, 0.6) is 0 Å². The molecule has 0 fully saturated rings. The Morgan fingerprint density at radius 1 is 0.684 bits per heavy atom. The molecule has 0 aromatic heterocycles. The highest BCUT2D eigenvalue weighted by molar-refractivity contribution is 4.66. The maximum absolute atomic E-state index is 13.5. The van der Waals surface area contributed by atoms with Crippen molar-refractivity contribution >= 4 is 0 Å². The van der Waals surface area contributed by atoms with Crippen LogP contribution < -0.4 is 0 Å². The van der Waals surface area contributed by atoms with E-state index in [1.807, 2.05) is 0 Å². The van der Waals surface area contributed by atoms with Crippen LogP contribution in [0.1, 0.15) is 90.4 Å². The molecule has 0 aromatic rings. The Bertz CT molecular complexity index is 184. The smallest absolute Gasteiger partial charge is 0.248 e. The van der Waals surface area contributed by atoms with E-state index < -0.39 is 5.92 Å². The number of alkyl halides is 2. The number of rotatable bonds is 14.